The van der Waals surface area contributed by atoms with Crippen molar-refractivity contribution in [3.8, 4) is 11.5 Å². The van der Waals surface area contributed by atoms with Gasteiger partial charge in [0, 0.05) is 43.3 Å². The summed E-state index contributed by atoms with van der Waals surface area (Å²) in [6.45, 7) is 6.63. The normalized spacial score (nSPS) is 13.9. The molecule has 1 fully saturated rings. The van der Waals surface area contributed by atoms with E-state index in [9.17, 15) is 4.79 Å². The number of carbonyl (C=O) groups is 1. The lowest BCUT2D eigenvalue weighted by atomic mass is 10.1. The number of benzene rings is 2. The number of fused-ring (bicyclic) bond motifs is 1. The SMILES string of the molecule is COc1cc2ncnc(N3CCN(C(=O)Nc4cc(C)cc(C)c4)CC3)c2cc1OC. The molecule has 0 aliphatic carbocycles. The number of piperazine rings is 1. The van der Waals surface area contributed by atoms with Gasteiger partial charge in [0.25, 0.3) is 0 Å². The average Bonchev–Trinajstić information content (AvgIpc) is 2.77. The lowest BCUT2D eigenvalue weighted by Gasteiger charge is -2.35. The molecule has 1 saturated heterocycles. The third-order valence-corrected chi connectivity index (χ3v) is 5.46. The van der Waals surface area contributed by atoms with Crippen LogP contribution in [-0.2, 0) is 0 Å². The molecule has 0 atom stereocenters. The molecule has 8 nitrogen and oxygen atoms in total. The Morgan fingerprint density at radius 3 is 2.19 bits per heavy atom. The summed E-state index contributed by atoms with van der Waals surface area (Å²) in [5.41, 5.74) is 3.87. The molecule has 0 radical (unpaired) electrons. The zero-order chi connectivity index (χ0) is 22.0. The van der Waals surface area contributed by atoms with Crippen molar-refractivity contribution in [1.82, 2.24) is 14.9 Å². The van der Waals surface area contributed by atoms with E-state index in [2.05, 4.69) is 26.3 Å². The van der Waals surface area contributed by atoms with Gasteiger partial charge in [-0.2, -0.15) is 0 Å². The molecule has 0 unspecified atom stereocenters. The maximum atomic E-state index is 12.7. The van der Waals surface area contributed by atoms with Gasteiger partial charge >= 0.3 is 6.03 Å². The van der Waals surface area contributed by atoms with Crippen molar-refractivity contribution in [3.63, 3.8) is 0 Å². The second-order valence-corrected chi connectivity index (χ2v) is 7.70. The summed E-state index contributed by atoms with van der Waals surface area (Å²) >= 11 is 0. The Morgan fingerprint density at radius 2 is 1.55 bits per heavy atom. The maximum absolute atomic E-state index is 12.7. The molecule has 31 heavy (non-hydrogen) atoms. The van der Waals surface area contributed by atoms with E-state index < -0.39 is 0 Å². The first kappa shape index (κ1) is 20.7. The smallest absolute Gasteiger partial charge is 0.321 e. The molecule has 1 aromatic heterocycles. The topological polar surface area (TPSA) is 79.8 Å². The van der Waals surface area contributed by atoms with Crippen LogP contribution in [0.5, 0.6) is 11.5 Å². The van der Waals surface area contributed by atoms with Crippen LogP contribution in [0.4, 0.5) is 16.3 Å². The van der Waals surface area contributed by atoms with Gasteiger partial charge in [0.1, 0.15) is 12.1 Å². The van der Waals surface area contributed by atoms with E-state index in [-0.39, 0.29) is 6.03 Å². The van der Waals surface area contributed by atoms with Gasteiger partial charge in [0.05, 0.1) is 19.7 Å². The third-order valence-electron chi connectivity index (χ3n) is 5.46. The van der Waals surface area contributed by atoms with Gasteiger partial charge in [0.15, 0.2) is 11.5 Å². The van der Waals surface area contributed by atoms with Crippen molar-refractivity contribution in [2.24, 2.45) is 0 Å². The van der Waals surface area contributed by atoms with Crippen LogP contribution in [0.2, 0.25) is 0 Å². The molecule has 0 bridgehead atoms. The first-order valence-corrected chi connectivity index (χ1v) is 10.2. The zero-order valence-corrected chi connectivity index (χ0v) is 18.3. The van der Waals surface area contributed by atoms with Crippen molar-refractivity contribution in [3.05, 3.63) is 47.8 Å². The molecule has 1 N–H and O–H groups in total. The highest BCUT2D eigenvalue weighted by molar-refractivity contribution is 5.92. The van der Waals surface area contributed by atoms with E-state index in [1.807, 2.05) is 43.0 Å². The predicted octanol–water partition coefficient (Wildman–Crippen LogP) is 3.62. The van der Waals surface area contributed by atoms with Gasteiger partial charge in [-0.1, -0.05) is 6.07 Å². The summed E-state index contributed by atoms with van der Waals surface area (Å²) in [4.78, 5) is 25.6. The first-order valence-electron chi connectivity index (χ1n) is 10.2. The Kier molecular flexibility index (Phi) is 5.79. The van der Waals surface area contributed by atoms with Gasteiger partial charge in [-0.3, -0.25) is 0 Å². The lowest BCUT2D eigenvalue weighted by Crippen LogP contribution is -2.50. The molecule has 1 aliphatic rings. The van der Waals surface area contributed by atoms with Crippen LogP contribution in [0.1, 0.15) is 11.1 Å². The second-order valence-electron chi connectivity index (χ2n) is 7.70. The number of ether oxygens (including phenoxy) is 2. The van der Waals surface area contributed by atoms with Crippen LogP contribution in [0.15, 0.2) is 36.7 Å². The monoisotopic (exact) mass is 421 g/mol. The van der Waals surface area contributed by atoms with Crippen molar-refractivity contribution < 1.29 is 14.3 Å². The van der Waals surface area contributed by atoms with Crippen molar-refractivity contribution in [2.75, 3.05) is 50.6 Å². The summed E-state index contributed by atoms with van der Waals surface area (Å²) in [5, 5.41) is 3.91. The first-order chi connectivity index (χ1) is 15.0. The number of rotatable bonds is 4. The molecule has 162 valence electrons. The summed E-state index contributed by atoms with van der Waals surface area (Å²) < 4.78 is 10.8. The Balaban J connectivity index is 1.48. The number of hydrogen-bond donors (Lipinski definition) is 1. The van der Waals surface area contributed by atoms with Crippen molar-refractivity contribution in [1.29, 1.82) is 0 Å². The van der Waals surface area contributed by atoms with E-state index in [0.717, 1.165) is 33.5 Å². The number of carbonyl (C=O) groups excluding carboxylic acids is 1. The summed E-state index contributed by atoms with van der Waals surface area (Å²) in [5.74, 6) is 2.10. The van der Waals surface area contributed by atoms with Gasteiger partial charge in [-0.25, -0.2) is 14.8 Å². The number of hydrogen-bond acceptors (Lipinski definition) is 6. The summed E-state index contributed by atoms with van der Waals surface area (Å²) in [6, 6.07) is 9.73. The molecule has 0 spiro atoms. The Labute approximate surface area is 181 Å². The highest BCUT2D eigenvalue weighted by atomic mass is 16.5. The molecule has 1 aliphatic heterocycles. The molecule has 0 saturated carbocycles. The van der Waals surface area contributed by atoms with Crippen LogP contribution in [-0.4, -0.2) is 61.3 Å². The molecule has 8 heteroatoms. The Bertz CT molecular complexity index is 1090. The van der Waals surface area contributed by atoms with E-state index in [1.165, 1.54) is 0 Å². The molecular weight excluding hydrogens is 394 g/mol. The summed E-state index contributed by atoms with van der Waals surface area (Å²) in [7, 11) is 3.22. The second kappa shape index (κ2) is 8.67. The molecule has 3 aromatic rings. The van der Waals surface area contributed by atoms with E-state index in [0.29, 0.717) is 37.7 Å². The minimum Gasteiger partial charge on any atom is -0.493 e. The Hall–Kier alpha value is -3.55. The number of aromatic nitrogens is 2. The highest BCUT2D eigenvalue weighted by Gasteiger charge is 2.24. The van der Waals surface area contributed by atoms with Crippen LogP contribution >= 0.6 is 0 Å². The number of nitrogens with one attached hydrogen (secondary N) is 1. The highest BCUT2D eigenvalue weighted by Crippen LogP contribution is 2.34. The molecule has 2 heterocycles. The third kappa shape index (κ3) is 4.33. The van der Waals surface area contributed by atoms with Gasteiger partial charge in [-0.15, -0.1) is 0 Å². The standard InChI is InChI=1S/C23H27N5O3/c1-15-9-16(2)11-17(10-15)26-23(29)28-7-5-27(6-8-28)22-18-12-20(30-3)21(31-4)13-19(18)24-14-25-22/h9-14H,5-8H2,1-4H3,(H,26,29). The molecule has 2 amide bonds. The van der Waals surface area contributed by atoms with Crippen LogP contribution in [0.25, 0.3) is 10.9 Å². The lowest BCUT2D eigenvalue weighted by molar-refractivity contribution is 0.208. The van der Waals surface area contributed by atoms with Gasteiger partial charge in [-0.05, 0) is 43.2 Å². The average molecular weight is 422 g/mol. The van der Waals surface area contributed by atoms with Crippen molar-refractivity contribution in [2.45, 2.75) is 13.8 Å². The number of anilines is 2. The number of amides is 2. The fraction of sp³-hybridized carbons (Fsp3) is 0.348. The number of aryl methyl sites for hydroxylation is 2. The van der Waals surface area contributed by atoms with Crippen LogP contribution in [0.3, 0.4) is 0 Å². The fourth-order valence-electron chi connectivity index (χ4n) is 3.99. The molecular formula is C23H27N5O3. The van der Waals surface area contributed by atoms with Crippen LogP contribution in [0, 0.1) is 13.8 Å². The largest absolute Gasteiger partial charge is 0.493 e. The van der Waals surface area contributed by atoms with Gasteiger partial charge in [0.2, 0.25) is 0 Å². The fourth-order valence-corrected chi connectivity index (χ4v) is 3.99. The number of urea groups is 1. The Morgan fingerprint density at radius 1 is 0.903 bits per heavy atom. The maximum Gasteiger partial charge on any atom is 0.321 e. The number of nitrogens with zero attached hydrogens (tertiary/aromatic N) is 4. The minimum atomic E-state index is -0.0800. The summed E-state index contributed by atoms with van der Waals surface area (Å²) in [6.07, 6.45) is 1.56. The predicted molar refractivity (Wildman–Crippen MR) is 121 cm³/mol. The number of methoxy groups -OCH3 is 2. The molecule has 2 aromatic carbocycles. The van der Waals surface area contributed by atoms with E-state index in [4.69, 9.17) is 9.47 Å². The quantitative estimate of drug-likeness (QED) is 0.693. The van der Waals surface area contributed by atoms with Crippen molar-refractivity contribution >= 4 is 28.4 Å². The molecule has 4 rings (SSSR count). The van der Waals surface area contributed by atoms with Crippen LogP contribution < -0.4 is 19.7 Å². The van der Waals surface area contributed by atoms with E-state index in [1.54, 1.807) is 20.5 Å². The zero-order valence-electron chi connectivity index (χ0n) is 18.3. The van der Waals surface area contributed by atoms with Gasteiger partial charge < -0.3 is 24.6 Å². The minimum absolute atomic E-state index is 0.0800. The van der Waals surface area contributed by atoms with E-state index >= 15 is 0 Å².